The first-order valence-corrected chi connectivity index (χ1v) is 10.6. The first-order chi connectivity index (χ1) is 13.5. The Bertz CT molecular complexity index is 1200. The summed E-state index contributed by atoms with van der Waals surface area (Å²) in [6, 6.07) is 20.9. The SMILES string of the molecule is O=C(c1ccc(Cl)cc1)c1oc2ccccc2c1C[S@](=O)c1ccccc1Cl. The topological polar surface area (TPSA) is 47.3 Å². The van der Waals surface area contributed by atoms with Crippen molar-refractivity contribution >= 4 is 50.8 Å². The summed E-state index contributed by atoms with van der Waals surface area (Å²) in [5.74, 6) is 0.0260. The first-order valence-electron chi connectivity index (χ1n) is 8.48. The second-order valence-corrected chi connectivity index (χ2v) is 8.43. The Labute approximate surface area is 174 Å². The van der Waals surface area contributed by atoms with Gasteiger partial charge in [0.1, 0.15) is 5.58 Å². The maximum Gasteiger partial charge on any atom is 0.228 e. The van der Waals surface area contributed by atoms with E-state index in [0.717, 1.165) is 5.39 Å². The zero-order chi connectivity index (χ0) is 19.7. The fraction of sp³-hybridized carbons (Fsp3) is 0.0455. The highest BCUT2D eigenvalue weighted by molar-refractivity contribution is 7.84. The zero-order valence-electron chi connectivity index (χ0n) is 14.5. The number of carbonyl (C=O) groups is 1. The normalized spacial score (nSPS) is 12.2. The number of para-hydroxylation sites is 1. The van der Waals surface area contributed by atoms with E-state index in [2.05, 4.69) is 0 Å². The van der Waals surface area contributed by atoms with Gasteiger partial charge in [0.15, 0.2) is 5.76 Å². The van der Waals surface area contributed by atoms with E-state index in [0.29, 0.717) is 31.7 Å². The van der Waals surface area contributed by atoms with Crippen LogP contribution in [0.4, 0.5) is 0 Å². The van der Waals surface area contributed by atoms with Crippen molar-refractivity contribution in [2.24, 2.45) is 0 Å². The molecule has 0 aliphatic rings. The van der Waals surface area contributed by atoms with Crippen LogP contribution in [0.1, 0.15) is 21.7 Å². The largest absolute Gasteiger partial charge is 0.452 e. The van der Waals surface area contributed by atoms with Crippen LogP contribution in [-0.2, 0) is 16.6 Å². The highest BCUT2D eigenvalue weighted by Crippen LogP contribution is 2.31. The fourth-order valence-electron chi connectivity index (χ4n) is 3.00. The van der Waals surface area contributed by atoms with E-state index in [1.807, 2.05) is 18.2 Å². The van der Waals surface area contributed by atoms with Crippen LogP contribution in [0.2, 0.25) is 10.0 Å². The molecule has 0 radical (unpaired) electrons. The predicted octanol–water partition coefficient (Wildman–Crippen LogP) is 6.28. The lowest BCUT2D eigenvalue weighted by Gasteiger charge is -2.06. The van der Waals surface area contributed by atoms with Gasteiger partial charge in [0.2, 0.25) is 5.78 Å². The van der Waals surface area contributed by atoms with E-state index in [-0.39, 0.29) is 17.3 Å². The first kappa shape index (κ1) is 18.9. The third kappa shape index (κ3) is 3.63. The molecule has 3 aromatic carbocycles. The van der Waals surface area contributed by atoms with Crippen LogP contribution in [-0.4, -0.2) is 9.99 Å². The molecule has 0 saturated carbocycles. The minimum absolute atomic E-state index is 0.120. The second kappa shape index (κ2) is 7.92. The summed E-state index contributed by atoms with van der Waals surface area (Å²) in [6.07, 6.45) is 0. The van der Waals surface area contributed by atoms with E-state index in [1.165, 1.54) is 0 Å². The van der Waals surface area contributed by atoms with Gasteiger partial charge in [-0.1, -0.05) is 53.5 Å². The number of hydrogen-bond donors (Lipinski definition) is 0. The summed E-state index contributed by atoms with van der Waals surface area (Å²) in [6.45, 7) is 0. The molecule has 0 spiro atoms. The quantitative estimate of drug-likeness (QED) is 0.351. The molecule has 1 heterocycles. The number of fused-ring (bicyclic) bond motifs is 1. The predicted molar refractivity (Wildman–Crippen MR) is 113 cm³/mol. The number of furan rings is 1. The molecular formula is C22H14Cl2O3S. The summed E-state index contributed by atoms with van der Waals surface area (Å²) < 4.78 is 18.9. The zero-order valence-corrected chi connectivity index (χ0v) is 16.9. The molecule has 0 amide bonds. The van der Waals surface area contributed by atoms with Crippen LogP contribution in [0.5, 0.6) is 0 Å². The summed E-state index contributed by atoms with van der Waals surface area (Å²) in [5.41, 5.74) is 1.63. The van der Waals surface area contributed by atoms with Gasteiger partial charge in [-0.25, -0.2) is 0 Å². The van der Waals surface area contributed by atoms with Gasteiger partial charge in [0, 0.05) is 21.5 Å². The Morgan fingerprint density at radius 2 is 1.57 bits per heavy atom. The van der Waals surface area contributed by atoms with Gasteiger partial charge in [0.05, 0.1) is 26.5 Å². The molecule has 0 saturated heterocycles. The lowest BCUT2D eigenvalue weighted by molar-refractivity contribution is 0.101. The summed E-state index contributed by atoms with van der Waals surface area (Å²) >= 11 is 12.1. The van der Waals surface area contributed by atoms with E-state index in [4.69, 9.17) is 27.6 Å². The minimum atomic E-state index is -1.43. The molecule has 0 aliphatic carbocycles. The van der Waals surface area contributed by atoms with Crippen molar-refractivity contribution in [1.29, 1.82) is 0 Å². The van der Waals surface area contributed by atoms with Crippen molar-refractivity contribution in [2.45, 2.75) is 10.6 Å². The van der Waals surface area contributed by atoms with Crippen molar-refractivity contribution in [1.82, 2.24) is 0 Å². The fourth-order valence-corrected chi connectivity index (χ4v) is 4.74. The van der Waals surface area contributed by atoms with Gasteiger partial charge in [-0.15, -0.1) is 0 Å². The highest BCUT2D eigenvalue weighted by atomic mass is 35.5. The van der Waals surface area contributed by atoms with Crippen LogP contribution in [0.15, 0.2) is 82.1 Å². The number of hydrogen-bond acceptors (Lipinski definition) is 3. The molecule has 0 bridgehead atoms. The molecule has 0 unspecified atom stereocenters. The maximum absolute atomic E-state index is 13.1. The van der Waals surface area contributed by atoms with Gasteiger partial charge in [-0.05, 0) is 42.5 Å². The Morgan fingerprint density at radius 1 is 0.893 bits per heavy atom. The van der Waals surface area contributed by atoms with Gasteiger partial charge in [-0.2, -0.15) is 0 Å². The molecule has 140 valence electrons. The van der Waals surface area contributed by atoms with E-state index in [9.17, 15) is 9.00 Å². The lowest BCUT2D eigenvalue weighted by atomic mass is 10.0. The number of halogens is 2. The monoisotopic (exact) mass is 428 g/mol. The van der Waals surface area contributed by atoms with Crippen LogP contribution in [0.25, 0.3) is 11.0 Å². The average molecular weight is 429 g/mol. The molecule has 1 aromatic heterocycles. The molecular weight excluding hydrogens is 415 g/mol. The molecule has 1 atom stereocenters. The smallest absolute Gasteiger partial charge is 0.228 e. The Kier molecular flexibility index (Phi) is 5.36. The third-order valence-electron chi connectivity index (χ3n) is 4.37. The van der Waals surface area contributed by atoms with E-state index in [1.54, 1.807) is 54.6 Å². The van der Waals surface area contributed by atoms with Crippen molar-refractivity contribution < 1.29 is 13.4 Å². The molecule has 3 nitrogen and oxygen atoms in total. The molecule has 4 rings (SSSR count). The Hall–Kier alpha value is -2.40. The third-order valence-corrected chi connectivity index (χ3v) is 6.46. The van der Waals surface area contributed by atoms with E-state index >= 15 is 0 Å². The summed E-state index contributed by atoms with van der Waals surface area (Å²) in [4.78, 5) is 13.6. The molecule has 0 fully saturated rings. The molecule has 0 N–H and O–H groups in total. The van der Waals surface area contributed by atoms with Gasteiger partial charge in [-0.3, -0.25) is 9.00 Å². The van der Waals surface area contributed by atoms with Crippen molar-refractivity contribution in [3.8, 4) is 0 Å². The lowest BCUT2D eigenvalue weighted by Crippen LogP contribution is -2.06. The Balaban J connectivity index is 1.79. The molecule has 4 aromatic rings. The van der Waals surface area contributed by atoms with Gasteiger partial charge >= 0.3 is 0 Å². The van der Waals surface area contributed by atoms with Crippen molar-refractivity contribution in [3.63, 3.8) is 0 Å². The molecule has 0 aliphatic heterocycles. The van der Waals surface area contributed by atoms with Crippen LogP contribution in [0.3, 0.4) is 0 Å². The average Bonchev–Trinajstić information content (AvgIpc) is 3.07. The van der Waals surface area contributed by atoms with Crippen molar-refractivity contribution in [3.05, 3.63) is 99.7 Å². The number of carbonyl (C=O) groups excluding carboxylic acids is 1. The molecule has 6 heteroatoms. The Morgan fingerprint density at radius 3 is 2.32 bits per heavy atom. The number of ketones is 1. The second-order valence-electron chi connectivity index (χ2n) is 6.16. The standard InChI is InChI=1S/C22H14Cl2O3S/c23-15-11-9-14(10-12-15)21(25)22-17(16-5-1-3-7-19(16)27-22)13-28(26)20-8-4-2-6-18(20)24/h1-12H,13H2/t28-/m0/s1. The maximum atomic E-state index is 13.1. The van der Waals surface area contributed by atoms with Crippen LogP contribution < -0.4 is 0 Å². The van der Waals surface area contributed by atoms with Crippen LogP contribution in [0, 0.1) is 0 Å². The van der Waals surface area contributed by atoms with Crippen LogP contribution >= 0.6 is 23.2 Å². The van der Waals surface area contributed by atoms with Crippen molar-refractivity contribution in [2.75, 3.05) is 0 Å². The van der Waals surface area contributed by atoms with E-state index < -0.39 is 10.8 Å². The summed E-state index contributed by atoms with van der Waals surface area (Å²) in [5, 5.41) is 1.74. The minimum Gasteiger partial charge on any atom is -0.452 e. The highest BCUT2D eigenvalue weighted by Gasteiger charge is 2.24. The number of rotatable bonds is 5. The number of benzene rings is 3. The van der Waals surface area contributed by atoms with Gasteiger partial charge in [0.25, 0.3) is 0 Å². The summed E-state index contributed by atoms with van der Waals surface area (Å²) in [7, 11) is -1.43. The van der Waals surface area contributed by atoms with Gasteiger partial charge < -0.3 is 4.42 Å². The molecule has 28 heavy (non-hydrogen) atoms.